The van der Waals surface area contributed by atoms with E-state index in [2.05, 4.69) is 24.8 Å². The molecule has 5 rings (SSSR count). The average molecular weight is 370 g/mol. The number of piperidine rings is 1. The molecule has 1 unspecified atom stereocenters. The quantitative estimate of drug-likeness (QED) is 0.831. The van der Waals surface area contributed by atoms with Crippen molar-refractivity contribution in [1.29, 1.82) is 0 Å². The molecule has 1 aliphatic carbocycles. The van der Waals surface area contributed by atoms with Crippen LogP contribution in [0.5, 0.6) is 0 Å². The lowest BCUT2D eigenvalue weighted by atomic mass is 9.77. The van der Waals surface area contributed by atoms with Gasteiger partial charge in [-0.1, -0.05) is 0 Å². The Balaban J connectivity index is 1.45. The number of hydrogen-bond donors (Lipinski definition) is 2. The van der Waals surface area contributed by atoms with Gasteiger partial charge < -0.3 is 14.6 Å². The molecule has 27 heavy (non-hydrogen) atoms. The molecule has 8 nitrogen and oxygen atoms in total. The Labute approximate surface area is 158 Å². The number of fused-ring (bicyclic) bond motifs is 2. The van der Waals surface area contributed by atoms with Crippen molar-refractivity contribution in [1.82, 2.24) is 24.8 Å². The van der Waals surface area contributed by atoms with Crippen molar-refractivity contribution >= 4 is 5.95 Å². The predicted molar refractivity (Wildman–Crippen MR) is 101 cm³/mol. The van der Waals surface area contributed by atoms with E-state index in [9.17, 15) is 4.79 Å². The highest BCUT2D eigenvalue weighted by Gasteiger charge is 2.45. The SMILES string of the molecule is O=c1[nH]c(N2CCOCC2)nc2c1CCC21CCCN(Cc2cnc[nH]2)C1. The van der Waals surface area contributed by atoms with Crippen LogP contribution in [0.15, 0.2) is 17.3 Å². The molecule has 0 aromatic carbocycles. The molecule has 2 aliphatic heterocycles. The number of nitrogens with one attached hydrogen (secondary N) is 2. The molecule has 0 radical (unpaired) electrons. The van der Waals surface area contributed by atoms with Crippen LogP contribution in [0.4, 0.5) is 5.95 Å². The summed E-state index contributed by atoms with van der Waals surface area (Å²) in [6, 6.07) is 0. The smallest absolute Gasteiger partial charge is 0.255 e. The second kappa shape index (κ2) is 6.76. The van der Waals surface area contributed by atoms with Crippen LogP contribution >= 0.6 is 0 Å². The maximum atomic E-state index is 12.8. The highest BCUT2D eigenvalue weighted by atomic mass is 16.5. The number of rotatable bonds is 3. The Morgan fingerprint density at radius 3 is 2.93 bits per heavy atom. The molecule has 144 valence electrons. The highest BCUT2D eigenvalue weighted by molar-refractivity contribution is 5.40. The van der Waals surface area contributed by atoms with Crippen LogP contribution in [0, 0.1) is 0 Å². The topological polar surface area (TPSA) is 90.1 Å². The Morgan fingerprint density at radius 1 is 1.22 bits per heavy atom. The van der Waals surface area contributed by atoms with E-state index in [1.807, 2.05) is 6.20 Å². The van der Waals surface area contributed by atoms with Crippen molar-refractivity contribution in [3.8, 4) is 0 Å². The molecule has 8 heteroatoms. The van der Waals surface area contributed by atoms with Gasteiger partial charge in [0.15, 0.2) is 0 Å². The van der Waals surface area contributed by atoms with Gasteiger partial charge in [-0.25, -0.2) is 9.97 Å². The van der Waals surface area contributed by atoms with Crippen molar-refractivity contribution < 1.29 is 4.74 Å². The lowest BCUT2D eigenvalue weighted by molar-refractivity contribution is 0.121. The average Bonchev–Trinajstić information content (AvgIpc) is 3.32. The molecular weight excluding hydrogens is 344 g/mol. The summed E-state index contributed by atoms with van der Waals surface area (Å²) in [5.41, 5.74) is 3.13. The fourth-order valence-electron chi connectivity index (χ4n) is 4.94. The number of H-pyrrole nitrogens is 2. The molecule has 2 aromatic rings. The first-order chi connectivity index (χ1) is 13.2. The van der Waals surface area contributed by atoms with Gasteiger partial charge in [-0.05, 0) is 32.2 Å². The van der Waals surface area contributed by atoms with Gasteiger partial charge >= 0.3 is 0 Å². The molecule has 2 saturated heterocycles. The zero-order chi connectivity index (χ0) is 18.3. The van der Waals surface area contributed by atoms with Gasteiger partial charge in [-0.15, -0.1) is 0 Å². The molecule has 2 aromatic heterocycles. The number of morpholine rings is 1. The zero-order valence-corrected chi connectivity index (χ0v) is 15.5. The van der Waals surface area contributed by atoms with E-state index in [4.69, 9.17) is 9.72 Å². The lowest BCUT2D eigenvalue weighted by Crippen LogP contribution is -2.45. The molecule has 1 spiro atoms. The fraction of sp³-hybridized carbons (Fsp3) is 0.632. The second-order valence-corrected chi connectivity index (χ2v) is 7.99. The number of hydrogen-bond acceptors (Lipinski definition) is 6. The first kappa shape index (κ1) is 16.9. The molecule has 0 bridgehead atoms. The summed E-state index contributed by atoms with van der Waals surface area (Å²) >= 11 is 0. The van der Waals surface area contributed by atoms with Gasteiger partial charge in [0, 0.05) is 49.0 Å². The van der Waals surface area contributed by atoms with Gasteiger partial charge in [0.25, 0.3) is 5.56 Å². The minimum atomic E-state index is 0.00288. The van der Waals surface area contributed by atoms with Crippen LogP contribution in [-0.4, -0.2) is 64.2 Å². The Morgan fingerprint density at radius 2 is 2.11 bits per heavy atom. The minimum absolute atomic E-state index is 0.00288. The maximum absolute atomic E-state index is 12.8. The largest absolute Gasteiger partial charge is 0.378 e. The first-order valence-electron chi connectivity index (χ1n) is 9.89. The van der Waals surface area contributed by atoms with Gasteiger partial charge in [0.1, 0.15) is 0 Å². The molecule has 1 atom stereocenters. The van der Waals surface area contributed by atoms with E-state index in [0.29, 0.717) is 19.2 Å². The number of aromatic amines is 2. The molecule has 2 fully saturated rings. The van der Waals surface area contributed by atoms with Crippen LogP contribution in [-0.2, 0) is 23.1 Å². The van der Waals surface area contributed by atoms with Crippen molar-refractivity contribution in [2.24, 2.45) is 0 Å². The van der Waals surface area contributed by atoms with Crippen LogP contribution in [0.3, 0.4) is 0 Å². The number of likely N-dealkylation sites (tertiary alicyclic amines) is 1. The van der Waals surface area contributed by atoms with Crippen LogP contribution in [0.2, 0.25) is 0 Å². The van der Waals surface area contributed by atoms with Crippen molar-refractivity contribution in [2.75, 3.05) is 44.3 Å². The van der Waals surface area contributed by atoms with Crippen LogP contribution < -0.4 is 10.5 Å². The number of imidazole rings is 1. The van der Waals surface area contributed by atoms with E-state index in [-0.39, 0.29) is 11.0 Å². The number of ether oxygens (including phenoxy) is 1. The normalized spacial score (nSPS) is 25.9. The van der Waals surface area contributed by atoms with Gasteiger partial charge in [0.2, 0.25) is 5.95 Å². The summed E-state index contributed by atoms with van der Waals surface area (Å²) < 4.78 is 5.44. The Hall–Kier alpha value is -2.19. The number of aromatic nitrogens is 4. The second-order valence-electron chi connectivity index (χ2n) is 7.99. The van der Waals surface area contributed by atoms with Crippen molar-refractivity contribution in [2.45, 2.75) is 37.6 Å². The third-order valence-electron chi connectivity index (χ3n) is 6.27. The Bertz CT molecular complexity index is 858. The van der Waals surface area contributed by atoms with Gasteiger partial charge in [-0.2, -0.15) is 0 Å². The van der Waals surface area contributed by atoms with Crippen LogP contribution in [0.1, 0.15) is 36.2 Å². The molecule has 2 N–H and O–H groups in total. The molecule has 0 saturated carbocycles. The molecule has 3 aliphatic rings. The van der Waals surface area contributed by atoms with Crippen molar-refractivity contribution in [3.63, 3.8) is 0 Å². The molecule has 0 amide bonds. The number of anilines is 1. The van der Waals surface area contributed by atoms with E-state index in [1.165, 1.54) is 0 Å². The fourth-order valence-corrected chi connectivity index (χ4v) is 4.94. The maximum Gasteiger partial charge on any atom is 0.255 e. The molecule has 4 heterocycles. The molecular formula is C19H26N6O2. The first-order valence-corrected chi connectivity index (χ1v) is 9.89. The summed E-state index contributed by atoms with van der Waals surface area (Å²) in [4.78, 5) is 32.7. The summed E-state index contributed by atoms with van der Waals surface area (Å²) in [5, 5.41) is 0. The monoisotopic (exact) mass is 370 g/mol. The van der Waals surface area contributed by atoms with E-state index in [0.717, 1.165) is 75.4 Å². The van der Waals surface area contributed by atoms with Crippen molar-refractivity contribution in [3.05, 3.63) is 39.8 Å². The van der Waals surface area contributed by atoms with E-state index < -0.39 is 0 Å². The van der Waals surface area contributed by atoms with Crippen LogP contribution in [0.25, 0.3) is 0 Å². The Kier molecular flexibility index (Phi) is 4.24. The number of nitrogens with zero attached hydrogens (tertiary/aromatic N) is 4. The zero-order valence-electron chi connectivity index (χ0n) is 15.5. The predicted octanol–water partition coefficient (Wildman–Crippen LogP) is 0.810. The summed E-state index contributed by atoms with van der Waals surface area (Å²) in [6.07, 6.45) is 7.72. The van der Waals surface area contributed by atoms with Gasteiger partial charge in [-0.3, -0.25) is 14.7 Å². The standard InChI is InChI=1S/C19H26N6O2/c26-17-15-2-4-19(3-1-5-24(12-19)11-14-10-20-13-21-14)16(15)22-18(23-17)25-6-8-27-9-7-25/h10,13H,1-9,11-12H2,(H,20,21)(H,22,23,26). The minimum Gasteiger partial charge on any atom is -0.378 e. The third-order valence-corrected chi connectivity index (χ3v) is 6.27. The summed E-state index contributed by atoms with van der Waals surface area (Å²) in [6.45, 7) is 5.83. The lowest BCUT2D eigenvalue weighted by Gasteiger charge is -2.40. The van der Waals surface area contributed by atoms with Gasteiger partial charge in [0.05, 0.1) is 25.2 Å². The summed E-state index contributed by atoms with van der Waals surface area (Å²) in [5.74, 6) is 0.717. The van der Waals surface area contributed by atoms with E-state index >= 15 is 0 Å². The third kappa shape index (κ3) is 3.06. The summed E-state index contributed by atoms with van der Waals surface area (Å²) in [7, 11) is 0. The van der Waals surface area contributed by atoms with E-state index in [1.54, 1.807) is 6.33 Å². The highest BCUT2D eigenvalue weighted by Crippen LogP contribution is 2.43.